The minimum atomic E-state index is -0.556. The van der Waals surface area contributed by atoms with E-state index in [1.165, 1.54) is 33.6 Å². The molecule has 2 nitrogen and oxygen atoms in total. The van der Waals surface area contributed by atoms with E-state index in [1.807, 2.05) is 0 Å². The van der Waals surface area contributed by atoms with E-state index in [2.05, 4.69) is 91.8 Å². The second kappa shape index (κ2) is 15.3. The van der Waals surface area contributed by atoms with E-state index in [1.54, 1.807) is 0 Å². The zero-order valence-electron chi connectivity index (χ0n) is 21.0. The summed E-state index contributed by atoms with van der Waals surface area (Å²) in [6.45, 7) is 19.7. The van der Waals surface area contributed by atoms with E-state index in [0.717, 1.165) is 19.5 Å². The standard InChI is InChI=1S/C27H40N2.2ClH.Ti/c1-18(2)22-12-9-13-23(19(3)4)26(22)28-16-11-17-29-27-24(20(5)6)14-10-15-25(27)21(7)8;;;/h9-10,12-15,18-21H,11,16-17H2,1-8H3;2*1H;/q-2;;;+2/p-2. The van der Waals surface area contributed by atoms with Gasteiger partial charge in [0.25, 0.3) is 0 Å². The van der Waals surface area contributed by atoms with Crippen molar-refractivity contribution < 1.29 is 17.0 Å². The molecule has 0 aliphatic rings. The first kappa shape index (κ1) is 29.4. The molecule has 0 heterocycles. The van der Waals surface area contributed by atoms with Crippen molar-refractivity contribution in [3.05, 3.63) is 69.3 Å². The van der Waals surface area contributed by atoms with Gasteiger partial charge in [-0.15, -0.1) is 24.5 Å². The van der Waals surface area contributed by atoms with Gasteiger partial charge in [0.2, 0.25) is 0 Å². The summed E-state index contributed by atoms with van der Waals surface area (Å²) in [5, 5.41) is 10.1. The van der Waals surface area contributed by atoms with Crippen LogP contribution >= 0.6 is 18.6 Å². The van der Waals surface area contributed by atoms with Gasteiger partial charge >= 0.3 is 35.6 Å². The van der Waals surface area contributed by atoms with E-state index >= 15 is 0 Å². The van der Waals surface area contributed by atoms with Gasteiger partial charge in [0.15, 0.2) is 0 Å². The maximum absolute atomic E-state index is 5.03. The molecule has 0 aliphatic heterocycles. The molecule has 2 aromatic carbocycles. The SMILES string of the molecule is CC(C)c1cccc(C(C)C)c1[N-]CCC[N-]c1c(C(C)C)cccc1C(C)C.[Cl][Ti][Cl]. The van der Waals surface area contributed by atoms with Crippen LogP contribution in [0.1, 0.15) is 108 Å². The van der Waals surface area contributed by atoms with Crippen molar-refractivity contribution in [1.29, 1.82) is 0 Å². The van der Waals surface area contributed by atoms with Crippen LogP contribution in [0.15, 0.2) is 36.4 Å². The van der Waals surface area contributed by atoms with Crippen molar-refractivity contribution >= 4 is 30.0 Å². The summed E-state index contributed by atoms with van der Waals surface area (Å²) in [5.41, 5.74) is 7.87. The van der Waals surface area contributed by atoms with E-state index in [4.69, 9.17) is 29.2 Å². The molecule has 0 N–H and O–H groups in total. The fourth-order valence-electron chi connectivity index (χ4n) is 3.84. The van der Waals surface area contributed by atoms with Crippen LogP contribution in [0.4, 0.5) is 11.4 Å². The number of hydrogen-bond acceptors (Lipinski definition) is 0. The van der Waals surface area contributed by atoms with E-state index in [-0.39, 0.29) is 0 Å². The quantitative estimate of drug-likeness (QED) is 0.224. The van der Waals surface area contributed by atoms with Crippen LogP contribution in [0, 0.1) is 0 Å². The maximum atomic E-state index is 5.03. The Kier molecular flexibility index (Phi) is 14.0. The number of rotatable bonds is 10. The summed E-state index contributed by atoms with van der Waals surface area (Å²) in [6, 6.07) is 13.3. The van der Waals surface area contributed by atoms with Gasteiger partial charge in [0.1, 0.15) is 0 Å². The average Bonchev–Trinajstić information content (AvgIpc) is 2.73. The van der Waals surface area contributed by atoms with Crippen LogP contribution in [0.2, 0.25) is 0 Å². The predicted octanol–water partition coefficient (Wildman–Crippen LogP) is 10.7. The third kappa shape index (κ3) is 8.94. The molecule has 5 heteroatoms. The molecule has 0 spiro atoms. The molecule has 0 amide bonds. The van der Waals surface area contributed by atoms with E-state index < -0.39 is 17.0 Å². The molecule has 0 unspecified atom stereocenters. The molecule has 0 atom stereocenters. The van der Waals surface area contributed by atoms with Crippen molar-refractivity contribution in [2.24, 2.45) is 0 Å². The Morgan fingerprint density at radius 1 is 0.594 bits per heavy atom. The molecular formula is C27H40Cl2N2Ti-2. The van der Waals surface area contributed by atoms with Crippen LogP contribution in [0.25, 0.3) is 10.6 Å². The average molecular weight is 511 g/mol. The van der Waals surface area contributed by atoms with Gasteiger partial charge in [-0.1, -0.05) is 120 Å². The van der Waals surface area contributed by atoms with Crippen molar-refractivity contribution in [3.8, 4) is 0 Å². The number of nitrogens with zero attached hydrogens (tertiary/aromatic N) is 2. The molecular weight excluding hydrogens is 471 g/mol. The summed E-state index contributed by atoms with van der Waals surface area (Å²) < 4.78 is 0. The van der Waals surface area contributed by atoms with Crippen molar-refractivity contribution in [3.63, 3.8) is 0 Å². The summed E-state index contributed by atoms with van der Waals surface area (Å²) in [6.07, 6.45) is 0.980. The molecule has 178 valence electrons. The third-order valence-electron chi connectivity index (χ3n) is 5.54. The Morgan fingerprint density at radius 3 is 1.06 bits per heavy atom. The van der Waals surface area contributed by atoms with Crippen molar-refractivity contribution in [2.75, 3.05) is 13.1 Å². The molecule has 0 fully saturated rings. The number of para-hydroxylation sites is 2. The molecule has 32 heavy (non-hydrogen) atoms. The van der Waals surface area contributed by atoms with Gasteiger partial charge in [-0.2, -0.15) is 0 Å². The fraction of sp³-hybridized carbons (Fsp3) is 0.556. The summed E-state index contributed by atoms with van der Waals surface area (Å²) in [7, 11) is 9.78. The van der Waals surface area contributed by atoms with E-state index in [9.17, 15) is 0 Å². The molecule has 2 rings (SSSR count). The Hall–Kier alpha value is -0.666. The summed E-state index contributed by atoms with van der Waals surface area (Å²) in [4.78, 5) is 0. The molecule has 2 aromatic rings. The number of halogens is 2. The van der Waals surface area contributed by atoms with Gasteiger partial charge < -0.3 is 10.6 Å². The Morgan fingerprint density at radius 2 is 0.844 bits per heavy atom. The van der Waals surface area contributed by atoms with Crippen LogP contribution in [0.5, 0.6) is 0 Å². The molecule has 0 saturated carbocycles. The topological polar surface area (TPSA) is 28.2 Å². The first-order valence-corrected chi connectivity index (χ1v) is 16.0. The van der Waals surface area contributed by atoms with Crippen molar-refractivity contribution in [2.45, 2.75) is 85.5 Å². The molecule has 0 saturated heterocycles. The van der Waals surface area contributed by atoms with Crippen LogP contribution in [-0.4, -0.2) is 13.1 Å². The number of hydrogen-bond donors (Lipinski definition) is 0. The molecule has 0 aliphatic carbocycles. The first-order chi connectivity index (χ1) is 15.1. The van der Waals surface area contributed by atoms with E-state index in [0.29, 0.717) is 23.7 Å². The Bertz CT molecular complexity index is 686. The monoisotopic (exact) mass is 510 g/mol. The Labute approximate surface area is 213 Å². The second-order valence-corrected chi connectivity index (χ2v) is 12.0. The van der Waals surface area contributed by atoms with Crippen molar-refractivity contribution in [1.82, 2.24) is 0 Å². The normalized spacial score (nSPS) is 11.1. The summed E-state index contributed by atoms with van der Waals surface area (Å²) >= 11 is -0.556. The first-order valence-electron chi connectivity index (χ1n) is 11.7. The zero-order chi connectivity index (χ0) is 24.3. The van der Waals surface area contributed by atoms with Gasteiger partial charge in [0, 0.05) is 0 Å². The fourth-order valence-corrected chi connectivity index (χ4v) is 3.84. The second-order valence-electron chi connectivity index (χ2n) is 9.38. The molecule has 0 aromatic heterocycles. The van der Waals surface area contributed by atoms with Crippen LogP contribution < -0.4 is 0 Å². The predicted molar refractivity (Wildman–Crippen MR) is 141 cm³/mol. The molecule has 0 radical (unpaired) electrons. The van der Waals surface area contributed by atoms with Gasteiger partial charge in [-0.3, -0.25) is 0 Å². The Balaban J connectivity index is 0.00000161. The molecule has 0 bridgehead atoms. The third-order valence-corrected chi connectivity index (χ3v) is 5.54. The minimum absolute atomic E-state index is 0.489. The van der Waals surface area contributed by atoms with Crippen LogP contribution in [0.3, 0.4) is 0 Å². The van der Waals surface area contributed by atoms with Gasteiger partial charge in [-0.05, 0) is 23.7 Å². The van der Waals surface area contributed by atoms with Gasteiger partial charge in [0.05, 0.1) is 0 Å². The number of benzene rings is 2. The zero-order valence-corrected chi connectivity index (χ0v) is 24.1. The summed E-state index contributed by atoms with van der Waals surface area (Å²) in [5.74, 6) is 1.96. The van der Waals surface area contributed by atoms with Crippen LogP contribution in [-0.2, 0) is 17.0 Å². The van der Waals surface area contributed by atoms with Gasteiger partial charge in [-0.25, -0.2) is 0 Å².